The fourth-order valence-electron chi connectivity index (χ4n) is 2.69. The van der Waals surface area contributed by atoms with Gasteiger partial charge in [0, 0.05) is 17.6 Å². The predicted molar refractivity (Wildman–Crippen MR) is 105 cm³/mol. The van der Waals surface area contributed by atoms with Crippen LogP contribution >= 0.6 is 0 Å². The Hall–Kier alpha value is -3.88. The standard InChI is InChI=1S/C21H16F3N3O3/c22-21(23,24)18-12-15(9-10-25-18)26-17-4-2-1-3-16(17)20(30)27-14-7-5-13(6-8-14)11-19(28)29/h1-10,12H,11H2,(H,25,26)(H,27,30)(H,28,29). The van der Waals surface area contributed by atoms with Crippen LogP contribution in [0.1, 0.15) is 21.6 Å². The monoisotopic (exact) mass is 415 g/mol. The van der Waals surface area contributed by atoms with Crippen molar-refractivity contribution in [2.45, 2.75) is 12.6 Å². The van der Waals surface area contributed by atoms with E-state index in [2.05, 4.69) is 15.6 Å². The summed E-state index contributed by atoms with van der Waals surface area (Å²) in [6, 6.07) is 14.9. The third-order valence-corrected chi connectivity index (χ3v) is 4.07. The lowest BCUT2D eigenvalue weighted by atomic mass is 10.1. The Balaban J connectivity index is 1.78. The van der Waals surface area contributed by atoms with Gasteiger partial charge in [0.2, 0.25) is 0 Å². The topological polar surface area (TPSA) is 91.3 Å². The number of alkyl halides is 3. The second kappa shape index (κ2) is 8.64. The van der Waals surface area contributed by atoms with Gasteiger partial charge in [0.25, 0.3) is 5.91 Å². The van der Waals surface area contributed by atoms with Gasteiger partial charge in [-0.25, -0.2) is 0 Å². The Morgan fingerprint density at radius 3 is 2.33 bits per heavy atom. The molecule has 2 aromatic carbocycles. The van der Waals surface area contributed by atoms with Gasteiger partial charge in [-0.05, 0) is 42.0 Å². The molecule has 0 aliphatic heterocycles. The summed E-state index contributed by atoms with van der Waals surface area (Å²) in [7, 11) is 0. The van der Waals surface area contributed by atoms with E-state index in [9.17, 15) is 22.8 Å². The number of para-hydroxylation sites is 1. The summed E-state index contributed by atoms with van der Waals surface area (Å²) >= 11 is 0. The molecule has 0 atom stereocenters. The number of carbonyl (C=O) groups is 2. The molecule has 0 spiro atoms. The summed E-state index contributed by atoms with van der Waals surface area (Å²) in [5.41, 5.74) is 0.661. The first-order chi connectivity index (χ1) is 14.2. The lowest BCUT2D eigenvalue weighted by molar-refractivity contribution is -0.141. The SMILES string of the molecule is O=C(O)Cc1ccc(NC(=O)c2ccccc2Nc2ccnc(C(F)(F)F)c2)cc1. The van der Waals surface area contributed by atoms with Crippen LogP contribution in [-0.4, -0.2) is 22.0 Å². The van der Waals surface area contributed by atoms with Crippen LogP contribution in [0.25, 0.3) is 0 Å². The number of carbonyl (C=O) groups excluding carboxylic acids is 1. The Labute approximate surface area is 169 Å². The number of anilines is 3. The van der Waals surface area contributed by atoms with Crippen LogP contribution in [0.2, 0.25) is 0 Å². The zero-order chi connectivity index (χ0) is 21.7. The summed E-state index contributed by atoms with van der Waals surface area (Å²) in [6.45, 7) is 0. The highest BCUT2D eigenvalue weighted by atomic mass is 19.4. The van der Waals surface area contributed by atoms with Crippen LogP contribution in [-0.2, 0) is 17.4 Å². The molecule has 0 aliphatic rings. The fraction of sp³-hybridized carbons (Fsp3) is 0.0952. The van der Waals surface area contributed by atoms with Crippen molar-refractivity contribution in [3.8, 4) is 0 Å². The number of pyridine rings is 1. The van der Waals surface area contributed by atoms with Crippen molar-refractivity contribution in [3.05, 3.63) is 83.7 Å². The molecule has 6 nitrogen and oxygen atoms in total. The van der Waals surface area contributed by atoms with Crippen LogP contribution in [0.5, 0.6) is 0 Å². The lowest BCUT2D eigenvalue weighted by Gasteiger charge is -2.13. The molecule has 0 saturated heterocycles. The molecular formula is C21H16F3N3O3. The molecule has 0 fully saturated rings. The van der Waals surface area contributed by atoms with Gasteiger partial charge >= 0.3 is 12.1 Å². The van der Waals surface area contributed by atoms with E-state index in [-0.39, 0.29) is 17.7 Å². The maximum atomic E-state index is 12.9. The normalized spacial score (nSPS) is 11.0. The van der Waals surface area contributed by atoms with Gasteiger partial charge in [-0.15, -0.1) is 0 Å². The van der Waals surface area contributed by atoms with Crippen molar-refractivity contribution in [1.82, 2.24) is 4.98 Å². The second-order valence-corrected chi connectivity index (χ2v) is 6.32. The van der Waals surface area contributed by atoms with Gasteiger partial charge in [-0.2, -0.15) is 13.2 Å². The number of hydrogen-bond acceptors (Lipinski definition) is 4. The van der Waals surface area contributed by atoms with Gasteiger partial charge < -0.3 is 15.7 Å². The van der Waals surface area contributed by atoms with Crippen LogP contribution in [0, 0.1) is 0 Å². The number of rotatable bonds is 6. The molecule has 30 heavy (non-hydrogen) atoms. The summed E-state index contributed by atoms with van der Waals surface area (Å²) in [6.07, 6.45) is -3.68. The highest BCUT2D eigenvalue weighted by molar-refractivity contribution is 6.08. The Morgan fingerprint density at radius 2 is 1.67 bits per heavy atom. The quantitative estimate of drug-likeness (QED) is 0.542. The molecule has 1 amide bonds. The molecular weight excluding hydrogens is 399 g/mol. The average Bonchev–Trinajstić information content (AvgIpc) is 2.69. The van der Waals surface area contributed by atoms with Crippen molar-refractivity contribution in [2.75, 3.05) is 10.6 Å². The molecule has 1 heterocycles. The number of nitrogens with one attached hydrogen (secondary N) is 2. The minimum absolute atomic E-state index is 0.132. The summed E-state index contributed by atoms with van der Waals surface area (Å²) in [5, 5.41) is 14.3. The average molecular weight is 415 g/mol. The maximum absolute atomic E-state index is 12.9. The first-order valence-electron chi connectivity index (χ1n) is 8.74. The fourth-order valence-corrected chi connectivity index (χ4v) is 2.69. The van der Waals surface area contributed by atoms with E-state index in [1.54, 1.807) is 42.5 Å². The highest BCUT2D eigenvalue weighted by Gasteiger charge is 2.32. The van der Waals surface area contributed by atoms with E-state index in [0.717, 1.165) is 12.3 Å². The lowest BCUT2D eigenvalue weighted by Crippen LogP contribution is -2.14. The molecule has 9 heteroatoms. The summed E-state index contributed by atoms with van der Waals surface area (Å²) < 4.78 is 38.6. The van der Waals surface area contributed by atoms with E-state index < -0.39 is 23.7 Å². The first kappa shape index (κ1) is 20.8. The number of nitrogens with zero attached hydrogens (tertiary/aromatic N) is 1. The highest BCUT2D eigenvalue weighted by Crippen LogP contribution is 2.30. The first-order valence-corrected chi connectivity index (χ1v) is 8.74. The summed E-state index contributed by atoms with van der Waals surface area (Å²) in [4.78, 5) is 26.7. The Bertz CT molecular complexity index is 1070. The largest absolute Gasteiger partial charge is 0.481 e. The van der Waals surface area contributed by atoms with Crippen molar-refractivity contribution in [2.24, 2.45) is 0 Å². The van der Waals surface area contributed by atoms with Crippen LogP contribution in [0.3, 0.4) is 0 Å². The van der Waals surface area contributed by atoms with E-state index in [1.807, 2.05) is 0 Å². The molecule has 3 rings (SSSR count). The zero-order valence-electron chi connectivity index (χ0n) is 15.4. The zero-order valence-corrected chi connectivity index (χ0v) is 15.4. The number of halogens is 3. The third-order valence-electron chi connectivity index (χ3n) is 4.07. The number of hydrogen-bond donors (Lipinski definition) is 3. The molecule has 1 aromatic heterocycles. The van der Waals surface area contributed by atoms with Gasteiger partial charge in [-0.1, -0.05) is 24.3 Å². The van der Waals surface area contributed by atoms with Gasteiger partial charge in [0.05, 0.1) is 17.7 Å². The number of amides is 1. The van der Waals surface area contributed by atoms with E-state index >= 15 is 0 Å². The van der Waals surface area contributed by atoms with Crippen molar-refractivity contribution in [3.63, 3.8) is 0 Å². The molecule has 3 N–H and O–H groups in total. The molecule has 0 unspecified atom stereocenters. The predicted octanol–water partition coefficient (Wildman–Crippen LogP) is 4.72. The Morgan fingerprint density at radius 1 is 0.967 bits per heavy atom. The minimum atomic E-state index is -4.58. The van der Waals surface area contributed by atoms with Crippen LogP contribution in [0.15, 0.2) is 66.9 Å². The smallest absolute Gasteiger partial charge is 0.433 e. The van der Waals surface area contributed by atoms with Crippen molar-refractivity contribution in [1.29, 1.82) is 0 Å². The van der Waals surface area contributed by atoms with Gasteiger partial charge in [0.1, 0.15) is 5.69 Å². The number of carboxylic acid groups (broad SMARTS) is 1. The molecule has 3 aromatic rings. The van der Waals surface area contributed by atoms with Crippen LogP contribution in [0.4, 0.5) is 30.2 Å². The number of aliphatic carboxylic acids is 1. The maximum Gasteiger partial charge on any atom is 0.433 e. The molecule has 0 aliphatic carbocycles. The third kappa shape index (κ3) is 5.34. The number of benzene rings is 2. The second-order valence-electron chi connectivity index (χ2n) is 6.32. The molecule has 154 valence electrons. The minimum Gasteiger partial charge on any atom is -0.481 e. The van der Waals surface area contributed by atoms with Gasteiger partial charge in [-0.3, -0.25) is 14.6 Å². The van der Waals surface area contributed by atoms with E-state index in [1.165, 1.54) is 12.1 Å². The molecule has 0 bridgehead atoms. The van der Waals surface area contributed by atoms with Crippen molar-refractivity contribution >= 4 is 28.9 Å². The number of aromatic nitrogens is 1. The molecule has 0 saturated carbocycles. The van der Waals surface area contributed by atoms with E-state index in [0.29, 0.717) is 16.9 Å². The van der Waals surface area contributed by atoms with Crippen LogP contribution < -0.4 is 10.6 Å². The molecule has 0 radical (unpaired) electrons. The summed E-state index contributed by atoms with van der Waals surface area (Å²) in [5.74, 6) is -1.44. The van der Waals surface area contributed by atoms with Gasteiger partial charge in [0.15, 0.2) is 0 Å². The van der Waals surface area contributed by atoms with Crippen molar-refractivity contribution < 1.29 is 27.9 Å². The number of carboxylic acids is 1. The van der Waals surface area contributed by atoms with E-state index in [4.69, 9.17) is 5.11 Å². The Kier molecular flexibility index (Phi) is 6.01.